The van der Waals surface area contributed by atoms with E-state index < -0.39 is 23.8 Å². The number of thioether (sulfide) groups is 1. The van der Waals surface area contributed by atoms with E-state index >= 15 is 0 Å². The minimum Gasteiger partial charge on any atom is -0.511 e. The number of aliphatic hydroxyl groups is 1. The molecule has 0 radical (unpaired) electrons. The first-order valence-corrected chi connectivity index (χ1v) is 10.9. The van der Waals surface area contributed by atoms with Crippen LogP contribution in [0.2, 0.25) is 0 Å². The molecule has 1 heterocycles. The van der Waals surface area contributed by atoms with Crippen molar-refractivity contribution in [3.8, 4) is 0 Å². The molecule has 2 atom stereocenters. The van der Waals surface area contributed by atoms with E-state index in [1.165, 1.54) is 23.9 Å². The summed E-state index contributed by atoms with van der Waals surface area (Å²) in [7, 11) is 0. The zero-order valence-corrected chi connectivity index (χ0v) is 18.7. The third kappa shape index (κ3) is 5.45. The van der Waals surface area contributed by atoms with Gasteiger partial charge in [0.1, 0.15) is 17.4 Å². The Labute approximate surface area is 184 Å². The third-order valence-corrected chi connectivity index (χ3v) is 6.37. The number of ether oxygens (including phenoxy) is 1. The summed E-state index contributed by atoms with van der Waals surface area (Å²) >= 11 is 1.41. The average Bonchev–Trinajstić information content (AvgIpc) is 2.62. The van der Waals surface area contributed by atoms with Crippen LogP contribution in [0.4, 0.5) is 13.2 Å². The van der Waals surface area contributed by atoms with Crippen molar-refractivity contribution in [2.24, 2.45) is 0 Å². The number of rotatable bonds is 5. The summed E-state index contributed by atoms with van der Waals surface area (Å²) in [6, 6.07) is 8.92. The first-order chi connectivity index (χ1) is 14.5. The van der Waals surface area contributed by atoms with E-state index in [9.17, 15) is 23.1 Å². The molecule has 166 valence electrons. The highest BCUT2D eigenvalue weighted by atomic mass is 32.2. The molecule has 0 aliphatic carbocycles. The average molecular weight is 451 g/mol. The molecule has 0 saturated heterocycles. The Hall–Kier alpha value is -2.41. The van der Waals surface area contributed by atoms with Crippen LogP contribution < -0.4 is 0 Å². The van der Waals surface area contributed by atoms with Crippen molar-refractivity contribution in [1.29, 1.82) is 0 Å². The highest BCUT2D eigenvalue weighted by Gasteiger charge is 2.33. The Morgan fingerprint density at radius 1 is 1.13 bits per heavy atom. The standard InChI is InChI=1S/C24H25F3O3S/c1-13-9-14(2)21(15(3)10-13)22-20(28)12-18(30-23(22)29)11-16(4)31-19-7-5-17(6-8-19)24(25,26)27/h5-10,16,18,28H,11-12H2,1-4H3. The Morgan fingerprint density at radius 2 is 1.71 bits per heavy atom. The SMILES string of the molecule is Cc1cc(C)c(C2=C(O)CC(CC(C)Sc3ccc(C(F)(F)F)cc3)OC2=O)c(C)c1. The summed E-state index contributed by atoms with van der Waals surface area (Å²) in [5.41, 5.74) is 3.12. The zero-order valence-electron chi connectivity index (χ0n) is 17.8. The van der Waals surface area contributed by atoms with E-state index in [0.717, 1.165) is 28.8 Å². The minimum atomic E-state index is -4.36. The van der Waals surface area contributed by atoms with Gasteiger partial charge in [-0.1, -0.05) is 24.6 Å². The van der Waals surface area contributed by atoms with Crippen molar-refractivity contribution >= 4 is 23.3 Å². The molecule has 0 aromatic heterocycles. The van der Waals surface area contributed by atoms with Gasteiger partial charge in [0.25, 0.3) is 0 Å². The van der Waals surface area contributed by atoms with Gasteiger partial charge >= 0.3 is 12.1 Å². The molecular formula is C24H25F3O3S. The highest BCUT2D eigenvalue weighted by molar-refractivity contribution is 7.99. The fourth-order valence-corrected chi connectivity index (χ4v) is 5.08. The largest absolute Gasteiger partial charge is 0.511 e. The number of hydrogen-bond donors (Lipinski definition) is 1. The summed E-state index contributed by atoms with van der Waals surface area (Å²) in [5.74, 6) is -0.529. The second kappa shape index (κ2) is 8.99. The Kier molecular flexibility index (Phi) is 6.74. The molecule has 0 bridgehead atoms. The molecule has 2 aromatic rings. The monoisotopic (exact) mass is 450 g/mol. The lowest BCUT2D eigenvalue weighted by atomic mass is 9.90. The molecule has 31 heavy (non-hydrogen) atoms. The Balaban J connectivity index is 1.69. The van der Waals surface area contributed by atoms with Gasteiger partial charge in [-0.3, -0.25) is 0 Å². The lowest BCUT2D eigenvalue weighted by Crippen LogP contribution is -2.28. The van der Waals surface area contributed by atoms with Gasteiger partial charge in [0.15, 0.2) is 0 Å². The molecule has 0 fully saturated rings. The molecule has 7 heteroatoms. The maximum absolute atomic E-state index is 12.7. The lowest BCUT2D eigenvalue weighted by molar-refractivity contribution is -0.144. The Morgan fingerprint density at radius 3 is 2.23 bits per heavy atom. The molecule has 0 spiro atoms. The van der Waals surface area contributed by atoms with Crippen molar-refractivity contribution in [2.45, 2.75) is 63.0 Å². The van der Waals surface area contributed by atoms with Gasteiger partial charge in [0.05, 0.1) is 5.56 Å². The maximum Gasteiger partial charge on any atom is 0.416 e. The summed E-state index contributed by atoms with van der Waals surface area (Å²) in [6.07, 6.45) is -4.16. The predicted molar refractivity (Wildman–Crippen MR) is 116 cm³/mol. The van der Waals surface area contributed by atoms with Crippen molar-refractivity contribution < 1.29 is 27.8 Å². The van der Waals surface area contributed by atoms with Crippen LogP contribution in [0.1, 0.15) is 47.6 Å². The smallest absolute Gasteiger partial charge is 0.416 e. The van der Waals surface area contributed by atoms with E-state index in [4.69, 9.17) is 4.74 Å². The van der Waals surface area contributed by atoms with E-state index in [1.54, 1.807) is 0 Å². The molecule has 0 saturated carbocycles. The number of carbonyl (C=O) groups excluding carboxylic acids is 1. The number of halogens is 3. The van der Waals surface area contributed by atoms with Gasteiger partial charge in [-0.15, -0.1) is 11.8 Å². The van der Waals surface area contributed by atoms with Gasteiger partial charge in [-0.05, 0) is 68.1 Å². The predicted octanol–water partition coefficient (Wildman–Crippen LogP) is 6.79. The molecule has 2 aromatic carbocycles. The number of aliphatic hydroxyl groups excluding tert-OH is 1. The fourth-order valence-electron chi connectivity index (χ4n) is 4.01. The summed E-state index contributed by atoms with van der Waals surface area (Å²) in [4.78, 5) is 13.4. The van der Waals surface area contributed by atoms with Gasteiger partial charge in [0.2, 0.25) is 0 Å². The second-order valence-corrected chi connectivity index (χ2v) is 9.53. The van der Waals surface area contributed by atoms with E-state index in [-0.39, 0.29) is 23.0 Å². The quantitative estimate of drug-likeness (QED) is 0.403. The summed E-state index contributed by atoms with van der Waals surface area (Å²) in [5, 5.41) is 10.6. The zero-order chi connectivity index (χ0) is 22.9. The van der Waals surface area contributed by atoms with Gasteiger partial charge < -0.3 is 9.84 Å². The van der Waals surface area contributed by atoms with E-state index in [2.05, 4.69) is 0 Å². The van der Waals surface area contributed by atoms with Crippen LogP contribution >= 0.6 is 11.8 Å². The topological polar surface area (TPSA) is 46.5 Å². The number of benzene rings is 2. The molecule has 0 amide bonds. The van der Waals surface area contributed by atoms with Crippen molar-refractivity contribution in [3.05, 3.63) is 70.0 Å². The summed E-state index contributed by atoms with van der Waals surface area (Å²) < 4.78 is 43.7. The third-order valence-electron chi connectivity index (χ3n) is 5.23. The first kappa shape index (κ1) is 23.3. The van der Waals surface area contributed by atoms with Crippen LogP contribution in [0.5, 0.6) is 0 Å². The van der Waals surface area contributed by atoms with Crippen LogP contribution in [0.15, 0.2) is 47.1 Å². The lowest BCUT2D eigenvalue weighted by Gasteiger charge is -2.27. The fraction of sp³-hybridized carbons (Fsp3) is 0.375. The van der Waals surface area contributed by atoms with Gasteiger partial charge in [0, 0.05) is 16.6 Å². The van der Waals surface area contributed by atoms with Crippen molar-refractivity contribution in [2.75, 3.05) is 0 Å². The van der Waals surface area contributed by atoms with Crippen LogP contribution in [0.3, 0.4) is 0 Å². The number of esters is 1. The van der Waals surface area contributed by atoms with E-state index in [1.807, 2.05) is 39.8 Å². The molecule has 2 unspecified atom stereocenters. The Bertz CT molecular complexity index is 987. The number of carbonyl (C=O) groups is 1. The van der Waals surface area contributed by atoms with Crippen molar-refractivity contribution in [1.82, 2.24) is 0 Å². The first-order valence-electron chi connectivity index (χ1n) is 10.0. The summed E-state index contributed by atoms with van der Waals surface area (Å²) in [6.45, 7) is 7.69. The maximum atomic E-state index is 12.7. The van der Waals surface area contributed by atoms with Gasteiger partial charge in [-0.25, -0.2) is 4.79 Å². The normalized spacial score (nSPS) is 18.2. The van der Waals surface area contributed by atoms with Crippen LogP contribution in [-0.4, -0.2) is 22.4 Å². The molecule has 3 rings (SSSR count). The van der Waals surface area contributed by atoms with Crippen LogP contribution in [0.25, 0.3) is 5.57 Å². The van der Waals surface area contributed by atoms with Crippen LogP contribution in [-0.2, 0) is 15.7 Å². The molecule has 1 aliphatic rings. The highest BCUT2D eigenvalue weighted by Crippen LogP contribution is 2.36. The molecule has 1 aliphatic heterocycles. The van der Waals surface area contributed by atoms with Crippen molar-refractivity contribution in [3.63, 3.8) is 0 Å². The number of aryl methyl sites for hydroxylation is 3. The second-order valence-electron chi connectivity index (χ2n) is 8.01. The van der Waals surface area contributed by atoms with Gasteiger partial charge in [-0.2, -0.15) is 13.2 Å². The number of cyclic esters (lactones) is 1. The van der Waals surface area contributed by atoms with Crippen LogP contribution in [0, 0.1) is 20.8 Å². The van der Waals surface area contributed by atoms with E-state index in [0.29, 0.717) is 16.9 Å². The number of alkyl halides is 3. The molecule has 3 nitrogen and oxygen atoms in total. The molecule has 1 N–H and O–H groups in total. The number of hydrogen-bond acceptors (Lipinski definition) is 4. The minimum absolute atomic E-state index is 0.0167. The molecular weight excluding hydrogens is 425 g/mol.